The maximum atomic E-state index is 13.0. The lowest BCUT2D eigenvalue weighted by Crippen LogP contribution is -2.74. The third-order valence-electron chi connectivity index (χ3n) is 10.3. The highest BCUT2D eigenvalue weighted by Crippen LogP contribution is 2.69. The molecule has 1 saturated heterocycles. The summed E-state index contributed by atoms with van der Waals surface area (Å²) in [5.74, 6) is 1.58. The molecule has 3 aliphatic carbocycles. The van der Waals surface area contributed by atoms with Crippen LogP contribution in [0.1, 0.15) is 53.3 Å². The van der Waals surface area contributed by atoms with E-state index in [0.717, 1.165) is 66.1 Å². The fourth-order valence-electron chi connectivity index (χ4n) is 8.29. The fraction of sp³-hybridized carbons (Fsp3) is 0.548. The number of aliphatic hydroxyl groups is 1. The summed E-state index contributed by atoms with van der Waals surface area (Å²) in [4.78, 5) is 6.34. The number of likely N-dealkylation sites (tertiary alicyclic amines) is 1. The molecule has 2 aliphatic heterocycles. The molecule has 1 saturated carbocycles. The van der Waals surface area contributed by atoms with Gasteiger partial charge in [-0.2, -0.15) is 0 Å². The van der Waals surface area contributed by atoms with Gasteiger partial charge in [0.2, 0.25) is 0 Å². The van der Waals surface area contributed by atoms with E-state index in [0.29, 0.717) is 12.2 Å². The van der Waals surface area contributed by atoms with Crippen molar-refractivity contribution in [2.75, 3.05) is 40.8 Å². The molecule has 0 unspecified atom stereocenters. The van der Waals surface area contributed by atoms with Crippen molar-refractivity contribution in [2.24, 2.45) is 5.92 Å². The Balaban J connectivity index is 1.31. The first-order chi connectivity index (χ1) is 17.7. The first-order valence-corrected chi connectivity index (χ1v) is 14.1. The molecular formula is C31H38N3O3+. The largest absolute Gasteiger partial charge is 0.504 e. The van der Waals surface area contributed by atoms with Crippen molar-refractivity contribution >= 4 is 10.9 Å². The molecule has 4 atom stereocenters. The van der Waals surface area contributed by atoms with Crippen LogP contribution in [0.25, 0.3) is 10.9 Å². The minimum Gasteiger partial charge on any atom is -0.504 e. The van der Waals surface area contributed by atoms with Crippen LogP contribution in [0.15, 0.2) is 30.3 Å². The number of aromatic nitrogens is 1. The number of piperidine rings is 1. The number of quaternary nitrogens is 1. The normalized spacial score (nSPS) is 31.8. The molecule has 1 spiro atoms. The van der Waals surface area contributed by atoms with Crippen molar-refractivity contribution in [1.29, 1.82) is 0 Å². The number of likely N-dealkylation sites (N-methyl/N-ethyl adjacent to an activating group) is 1. The topological polar surface area (TPSA) is 68.7 Å². The zero-order chi connectivity index (χ0) is 25.3. The standard InChI is InChI=1S/C31H37N3O3/c1-34(2,3)13-10-18-6-8-23-21(14-18)22-16-31(36)25-15-20-7-9-24(35)28-26(20)30(31,29(37-28)27(22)32-23)11-12-33(25)17-19-4-5-19/h6-9,14,19,25,29,32,36H,4-5,10-13,15-17H2,1-3H3/p+1/t25-,29+,30+,31-/m1/s1. The molecule has 194 valence electrons. The van der Waals surface area contributed by atoms with Crippen molar-refractivity contribution in [3.8, 4) is 11.5 Å². The Kier molecular flexibility index (Phi) is 4.31. The van der Waals surface area contributed by atoms with Crippen molar-refractivity contribution in [1.82, 2.24) is 9.88 Å². The van der Waals surface area contributed by atoms with E-state index < -0.39 is 11.0 Å². The number of rotatable bonds is 5. The van der Waals surface area contributed by atoms with Crippen molar-refractivity contribution in [2.45, 2.75) is 61.7 Å². The van der Waals surface area contributed by atoms with Gasteiger partial charge in [0.25, 0.3) is 0 Å². The van der Waals surface area contributed by atoms with E-state index in [9.17, 15) is 10.2 Å². The number of benzene rings is 2. The Morgan fingerprint density at radius 1 is 1.16 bits per heavy atom. The maximum Gasteiger partial charge on any atom is 0.166 e. The Morgan fingerprint density at radius 3 is 2.78 bits per heavy atom. The van der Waals surface area contributed by atoms with E-state index >= 15 is 0 Å². The summed E-state index contributed by atoms with van der Waals surface area (Å²) in [5, 5.41) is 25.1. The first-order valence-electron chi connectivity index (χ1n) is 14.1. The minimum atomic E-state index is -0.933. The average molecular weight is 501 g/mol. The summed E-state index contributed by atoms with van der Waals surface area (Å²) in [6.45, 7) is 3.14. The number of hydrogen-bond donors (Lipinski definition) is 3. The molecule has 6 nitrogen and oxygen atoms in total. The van der Waals surface area contributed by atoms with E-state index in [-0.39, 0.29) is 17.9 Å². The summed E-state index contributed by atoms with van der Waals surface area (Å²) >= 11 is 0. The van der Waals surface area contributed by atoms with Gasteiger partial charge in [0.05, 0.1) is 44.4 Å². The van der Waals surface area contributed by atoms with Gasteiger partial charge in [-0.1, -0.05) is 12.1 Å². The number of hydrogen-bond acceptors (Lipinski definition) is 4. The number of aromatic hydroxyl groups is 1. The lowest BCUT2D eigenvalue weighted by molar-refractivity contribution is -0.870. The smallest absolute Gasteiger partial charge is 0.166 e. The molecule has 0 amide bonds. The van der Waals surface area contributed by atoms with Gasteiger partial charge in [-0.15, -0.1) is 0 Å². The second-order valence-corrected chi connectivity index (χ2v) is 13.6. The molecule has 3 aromatic rings. The molecule has 3 heterocycles. The number of H-pyrrole nitrogens is 1. The fourth-order valence-corrected chi connectivity index (χ4v) is 8.29. The van der Waals surface area contributed by atoms with Crippen LogP contribution >= 0.6 is 0 Å². The minimum absolute atomic E-state index is 0.0652. The average Bonchev–Trinajstić information content (AvgIpc) is 3.49. The highest BCUT2D eigenvalue weighted by molar-refractivity contribution is 5.87. The first kappa shape index (κ1) is 22.4. The monoisotopic (exact) mass is 500 g/mol. The molecule has 8 rings (SSSR count). The summed E-state index contributed by atoms with van der Waals surface area (Å²) in [5.41, 5.74) is 5.62. The van der Waals surface area contributed by atoms with E-state index in [1.807, 2.05) is 0 Å². The van der Waals surface area contributed by atoms with Crippen molar-refractivity contribution in [3.05, 3.63) is 58.3 Å². The Bertz CT molecular complexity index is 1450. The summed E-state index contributed by atoms with van der Waals surface area (Å²) in [6, 6.07) is 10.7. The summed E-state index contributed by atoms with van der Waals surface area (Å²) in [6.07, 6.45) is 5.64. The van der Waals surface area contributed by atoms with Gasteiger partial charge in [-0.05, 0) is 73.0 Å². The number of aromatic amines is 1. The van der Waals surface area contributed by atoms with Gasteiger partial charge in [-0.3, -0.25) is 4.90 Å². The summed E-state index contributed by atoms with van der Waals surface area (Å²) < 4.78 is 7.65. The van der Waals surface area contributed by atoms with Crippen molar-refractivity contribution in [3.63, 3.8) is 0 Å². The van der Waals surface area contributed by atoms with E-state index in [1.165, 1.54) is 34.9 Å². The third-order valence-corrected chi connectivity index (χ3v) is 10.3. The second kappa shape index (κ2) is 7.10. The molecule has 37 heavy (non-hydrogen) atoms. The lowest BCUT2D eigenvalue weighted by Gasteiger charge is -2.62. The van der Waals surface area contributed by atoms with Gasteiger partial charge in [0, 0.05) is 41.9 Å². The summed E-state index contributed by atoms with van der Waals surface area (Å²) in [7, 11) is 6.71. The zero-order valence-corrected chi connectivity index (χ0v) is 22.2. The highest BCUT2D eigenvalue weighted by atomic mass is 16.5. The molecule has 1 aromatic heterocycles. The number of ether oxygens (including phenoxy) is 1. The Labute approximate surface area is 218 Å². The quantitative estimate of drug-likeness (QED) is 0.466. The molecule has 2 aromatic carbocycles. The van der Waals surface area contributed by atoms with Gasteiger partial charge in [-0.25, -0.2) is 0 Å². The lowest BCUT2D eigenvalue weighted by atomic mass is 9.49. The molecule has 2 bridgehead atoms. The van der Waals surface area contributed by atoms with Gasteiger partial charge < -0.3 is 24.4 Å². The Hall–Kier alpha value is -2.54. The SMILES string of the molecule is C[N+](C)(C)CCc1ccc2[nH]c3c(c2c1)C[C@@]1(O)[C@H]2Cc4ccc(O)c5c4[C@@]1(CCN2CC1CC1)[C@H]3O5. The number of fused-ring (bicyclic) bond motifs is 4. The third kappa shape index (κ3) is 2.92. The molecule has 3 N–H and O–H groups in total. The van der Waals surface area contributed by atoms with Crippen LogP contribution in [-0.4, -0.2) is 77.0 Å². The van der Waals surface area contributed by atoms with E-state index in [2.05, 4.69) is 55.3 Å². The van der Waals surface area contributed by atoms with E-state index in [1.54, 1.807) is 6.07 Å². The maximum absolute atomic E-state index is 13.0. The van der Waals surface area contributed by atoms with Crippen LogP contribution in [0.4, 0.5) is 0 Å². The highest BCUT2D eigenvalue weighted by Gasteiger charge is 2.72. The van der Waals surface area contributed by atoms with Crippen LogP contribution in [0.2, 0.25) is 0 Å². The second-order valence-electron chi connectivity index (χ2n) is 13.6. The number of nitrogens with zero attached hydrogens (tertiary/aromatic N) is 2. The van der Waals surface area contributed by atoms with E-state index in [4.69, 9.17) is 4.74 Å². The predicted octanol–water partition coefficient (Wildman–Crippen LogP) is 3.82. The van der Waals surface area contributed by atoms with Crippen LogP contribution in [0.5, 0.6) is 11.5 Å². The zero-order valence-electron chi connectivity index (χ0n) is 22.2. The number of phenols is 1. The van der Waals surface area contributed by atoms with Gasteiger partial charge in [0.15, 0.2) is 17.6 Å². The molecular weight excluding hydrogens is 462 g/mol. The molecule has 6 heteroatoms. The molecule has 0 radical (unpaired) electrons. The number of nitrogens with one attached hydrogen (secondary N) is 1. The van der Waals surface area contributed by atoms with Crippen LogP contribution < -0.4 is 4.74 Å². The van der Waals surface area contributed by atoms with Crippen LogP contribution in [0.3, 0.4) is 0 Å². The van der Waals surface area contributed by atoms with Gasteiger partial charge in [0.1, 0.15) is 0 Å². The Morgan fingerprint density at radius 2 is 2.00 bits per heavy atom. The van der Waals surface area contributed by atoms with Gasteiger partial charge >= 0.3 is 0 Å². The molecule has 5 aliphatic rings. The van der Waals surface area contributed by atoms with Crippen LogP contribution in [0, 0.1) is 5.92 Å². The number of phenolic OH excluding ortho intramolecular Hbond substituents is 1. The van der Waals surface area contributed by atoms with Crippen molar-refractivity contribution < 1.29 is 19.4 Å². The predicted molar refractivity (Wildman–Crippen MR) is 143 cm³/mol. The van der Waals surface area contributed by atoms with Crippen LogP contribution in [-0.2, 0) is 24.7 Å². The molecule has 2 fully saturated rings.